The maximum Gasteiger partial charge on any atom is 0.00760 e. The maximum absolute atomic E-state index is 2.48. The molecule has 0 fully saturated rings. The second kappa shape index (κ2) is 3.47. The van der Waals surface area contributed by atoms with Gasteiger partial charge < -0.3 is 0 Å². The van der Waals surface area contributed by atoms with Gasteiger partial charge in [0.15, 0.2) is 0 Å². The number of rotatable bonds is 0. The summed E-state index contributed by atoms with van der Waals surface area (Å²) in [6.45, 7) is 4.70. The maximum atomic E-state index is 2.48. The van der Waals surface area contributed by atoms with Crippen molar-refractivity contribution in [3.05, 3.63) is 58.1 Å². The molecule has 0 aromatic heterocycles. The van der Waals surface area contributed by atoms with Crippen LogP contribution in [0, 0.1) is 6.92 Å². The molecule has 2 aliphatic carbocycles. The van der Waals surface area contributed by atoms with Crippen LogP contribution in [0.25, 0.3) is 11.1 Å². The van der Waals surface area contributed by atoms with E-state index in [1.807, 2.05) is 0 Å². The normalized spacial score (nSPS) is 19.6. The molecule has 2 aliphatic rings. The molecule has 0 amide bonds. The molecule has 2 aromatic carbocycles. The molecule has 0 aliphatic heterocycles. The highest BCUT2D eigenvalue weighted by molar-refractivity contribution is 5.81. The van der Waals surface area contributed by atoms with Crippen LogP contribution < -0.4 is 0 Å². The molecule has 0 N–H and O–H groups in total. The largest absolute Gasteiger partial charge is 0.0619 e. The fraction of sp³-hybridized carbons (Fsp3) is 0.333. The van der Waals surface area contributed by atoms with Crippen LogP contribution in [0.1, 0.15) is 47.1 Å². The topological polar surface area (TPSA) is 0 Å². The van der Waals surface area contributed by atoms with E-state index in [4.69, 9.17) is 0 Å². The van der Waals surface area contributed by atoms with Crippen molar-refractivity contribution in [3.8, 4) is 11.1 Å². The predicted molar refractivity (Wildman–Crippen MR) is 76.2 cm³/mol. The number of hydrogen-bond acceptors (Lipinski definition) is 0. The molecule has 0 nitrogen and oxygen atoms in total. The van der Waals surface area contributed by atoms with Gasteiger partial charge in [0.05, 0.1) is 0 Å². The van der Waals surface area contributed by atoms with Gasteiger partial charge in [0.25, 0.3) is 0 Å². The molecule has 4 rings (SSSR count). The van der Waals surface area contributed by atoms with E-state index in [0.29, 0.717) is 5.92 Å². The van der Waals surface area contributed by atoms with Crippen LogP contribution in [0.2, 0.25) is 0 Å². The van der Waals surface area contributed by atoms with Crippen LogP contribution in [0.3, 0.4) is 0 Å². The third kappa shape index (κ3) is 1.16. The first-order valence-electron chi connectivity index (χ1n) is 7.02. The smallest absolute Gasteiger partial charge is 0.00760 e. The van der Waals surface area contributed by atoms with Crippen molar-refractivity contribution >= 4 is 0 Å². The zero-order chi connectivity index (χ0) is 12.3. The Bertz CT molecular complexity index is 649. The second-order valence-electron chi connectivity index (χ2n) is 5.76. The van der Waals surface area contributed by atoms with Crippen molar-refractivity contribution in [1.29, 1.82) is 0 Å². The zero-order valence-corrected chi connectivity index (χ0v) is 11.1. The number of fused-ring (bicyclic) bond motifs is 4. The highest BCUT2D eigenvalue weighted by Crippen LogP contribution is 2.48. The minimum Gasteiger partial charge on any atom is -0.0619 e. The van der Waals surface area contributed by atoms with E-state index < -0.39 is 0 Å². The Balaban J connectivity index is 2.07. The molecule has 0 saturated carbocycles. The van der Waals surface area contributed by atoms with Crippen LogP contribution in [0.5, 0.6) is 0 Å². The Hall–Kier alpha value is -1.56. The lowest BCUT2D eigenvalue weighted by Gasteiger charge is -2.14. The van der Waals surface area contributed by atoms with E-state index >= 15 is 0 Å². The number of aryl methyl sites for hydroxylation is 1. The van der Waals surface area contributed by atoms with E-state index in [1.54, 1.807) is 22.3 Å². The van der Waals surface area contributed by atoms with E-state index in [0.717, 1.165) is 0 Å². The van der Waals surface area contributed by atoms with Crippen LogP contribution in [0.15, 0.2) is 30.3 Å². The van der Waals surface area contributed by atoms with E-state index in [9.17, 15) is 0 Å². The quantitative estimate of drug-likeness (QED) is 0.624. The summed E-state index contributed by atoms with van der Waals surface area (Å²) in [4.78, 5) is 0. The Kier molecular flexibility index (Phi) is 2.00. The van der Waals surface area contributed by atoms with Gasteiger partial charge in [-0.1, -0.05) is 37.3 Å². The molecular formula is C18H18. The minimum atomic E-state index is 0.571. The summed E-state index contributed by atoms with van der Waals surface area (Å²) in [6.07, 6.45) is 3.91. The summed E-state index contributed by atoms with van der Waals surface area (Å²) in [5.74, 6) is 0.571. The van der Waals surface area contributed by atoms with Gasteiger partial charge in [0.1, 0.15) is 0 Å². The van der Waals surface area contributed by atoms with Crippen LogP contribution in [0.4, 0.5) is 0 Å². The van der Waals surface area contributed by atoms with Crippen molar-refractivity contribution in [3.63, 3.8) is 0 Å². The fourth-order valence-electron chi connectivity index (χ4n) is 4.03. The Morgan fingerprint density at radius 2 is 1.89 bits per heavy atom. The molecule has 90 valence electrons. The first kappa shape index (κ1) is 10.4. The number of hydrogen-bond donors (Lipinski definition) is 0. The summed E-state index contributed by atoms with van der Waals surface area (Å²) >= 11 is 0. The first-order chi connectivity index (χ1) is 8.77. The lowest BCUT2D eigenvalue weighted by molar-refractivity contribution is 0.902. The number of benzene rings is 2. The average Bonchev–Trinajstić information content (AvgIpc) is 2.96. The fourth-order valence-corrected chi connectivity index (χ4v) is 4.03. The van der Waals surface area contributed by atoms with Crippen LogP contribution in [-0.4, -0.2) is 0 Å². The van der Waals surface area contributed by atoms with Gasteiger partial charge in [0, 0.05) is 5.92 Å². The van der Waals surface area contributed by atoms with Crippen molar-refractivity contribution in [2.75, 3.05) is 0 Å². The summed E-state index contributed by atoms with van der Waals surface area (Å²) < 4.78 is 0. The third-order valence-electron chi connectivity index (χ3n) is 4.88. The third-order valence-corrected chi connectivity index (χ3v) is 4.88. The Morgan fingerprint density at radius 1 is 1.06 bits per heavy atom. The van der Waals surface area contributed by atoms with Gasteiger partial charge in [-0.3, -0.25) is 0 Å². The summed E-state index contributed by atoms with van der Waals surface area (Å²) in [6, 6.07) is 11.4. The molecule has 0 spiro atoms. The molecule has 18 heavy (non-hydrogen) atoms. The molecule has 1 unspecified atom stereocenters. The Morgan fingerprint density at radius 3 is 2.78 bits per heavy atom. The lowest BCUT2D eigenvalue weighted by atomic mass is 9.90. The molecule has 0 heterocycles. The van der Waals surface area contributed by atoms with E-state index in [1.165, 1.54) is 36.0 Å². The molecular weight excluding hydrogens is 216 g/mol. The summed E-state index contributed by atoms with van der Waals surface area (Å²) in [7, 11) is 0. The standard InChI is InChI=1S/C18H18/c1-11-14-9-5-6-13(14)10-17-16-8-4-3-7-15(16)12(2)18(11)17/h3-4,7-8,10,12H,5-6,9H2,1-2H3. The molecule has 2 aromatic rings. The van der Waals surface area contributed by atoms with Crippen molar-refractivity contribution < 1.29 is 0 Å². The zero-order valence-electron chi connectivity index (χ0n) is 11.1. The summed E-state index contributed by atoms with van der Waals surface area (Å²) in [5.41, 5.74) is 10.9. The summed E-state index contributed by atoms with van der Waals surface area (Å²) in [5, 5.41) is 0. The second-order valence-corrected chi connectivity index (χ2v) is 5.76. The van der Waals surface area contributed by atoms with Gasteiger partial charge in [-0.05, 0) is 65.1 Å². The van der Waals surface area contributed by atoms with Crippen molar-refractivity contribution in [2.45, 2.75) is 39.0 Å². The van der Waals surface area contributed by atoms with Gasteiger partial charge >= 0.3 is 0 Å². The van der Waals surface area contributed by atoms with Gasteiger partial charge in [-0.25, -0.2) is 0 Å². The monoisotopic (exact) mass is 234 g/mol. The van der Waals surface area contributed by atoms with Crippen molar-refractivity contribution in [1.82, 2.24) is 0 Å². The van der Waals surface area contributed by atoms with Gasteiger partial charge in [0.2, 0.25) is 0 Å². The average molecular weight is 234 g/mol. The minimum absolute atomic E-state index is 0.571. The first-order valence-corrected chi connectivity index (χ1v) is 7.02. The molecule has 1 atom stereocenters. The molecule has 0 radical (unpaired) electrons. The predicted octanol–water partition coefficient (Wildman–Crippen LogP) is 4.62. The molecule has 0 saturated heterocycles. The highest BCUT2D eigenvalue weighted by Gasteiger charge is 2.29. The van der Waals surface area contributed by atoms with E-state index in [2.05, 4.69) is 44.2 Å². The molecule has 0 bridgehead atoms. The van der Waals surface area contributed by atoms with Gasteiger partial charge in [-0.15, -0.1) is 0 Å². The molecule has 0 heteroatoms. The highest BCUT2D eigenvalue weighted by atomic mass is 14.3. The van der Waals surface area contributed by atoms with Crippen LogP contribution >= 0.6 is 0 Å². The van der Waals surface area contributed by atoms with Gasteiger partial charge in [-0.2, -0.15) is 0 Å². The SMILES string of the molecule is Cc1c2c(cc3c1C(C)c1ccccc1-3)CCC2. The lowest BCUT2D eigenvalue weighted by Crippen LogP contribution is -1.98. The Labute approximate surface area is 109 Å². The van der Waals surface area contributed by atoms with Crippen LogP contribution in [-0.2, 0) is 12.8 Å². The van der Waals surface area contributed by atoms with Crippen molar-refractivity contribution in [2.24, 2.45) is 0 Å². The van der Waals surface area contributed by atoms with E-state index in [-0.39, 0.29) is 0 Å².